The Morgan fingerprint density at radius 1 is 0.200 bits per heavy atom. The fourth-order valence-electron chi connectivity index (χ4n) is 2.24. The van der Waals surface area contributed by atoms with Gasteiger partial charge in [0.25, 0.3) is 0 Å². The van der Waals surface area contributed by atoms with Crippen LogP contribution in [0, 0.1) is 0 Å². The fraction of sp³-hybridized carbons (Fsp3) is 1.00. The molecule has 0 aromatic heterocycles. The zero-order chi connectivity index (χ0) is 21.2. The van der Waals surface area contributed by atoms with Gasteiger partial charge in [-0.2, -0.15) is 0 Å². The van der Waals surface area contributed by atoms with Gasteiger partial charge in [-0.05, 0) is 12.8 Å². The van der Waals surface area contributed by atoms with Gasteiger partial charge < -0.3 is 37.9 Å². The Balaban J connectivity index is 2.00. The van der Waals surface area contributed by atoms with Gasteiger partial charge >= 0.3 is 0 Å². The van der Waals surface area contributed by atoms with E-state index in [9.17, 15) is 0 Å². The Kier molecular flexibility index (Phi) is 22.9. The van der Waals surface area contributed by atoms with E-state index < -0.39 is 0 Å². The van der Waals surface area contributed by atoms with Crippen molar-refractivity contribution in [3.63, 3.8) is 0 Å². The molecular formula is C20H40O10. The summed E-state index contributed by atoms with van der Waals surface area (Å²) in [5.41, 5.74) is 0. The van der Waals surface area contributed by atoms with Crippen LogP contribution in [0.3, 0.4) is 0 Å². The van der Waals surface area contributed by atoms with Crippen LogP contribution < -0.4 is 0 Å². The maximum Gasteiger partial charge on any atom is 0.106 e. The Morgan fingerprint density at radius 2 is 0.400 bits per heavy atom. The molecule has 0 spiro atoms. The van der Waals surface area contributed by atoms with Crippen LogP contribution in [0.15, 0.2) is 0 Å². The predicted molar refractivity (Wildman–Crippen MR) is 108 cm³/mol. The first-order valence-corrected chi connectivity index (χ1v) is 10.9. The van der Waals surface area contributed by atoms with Crippen molar-refractivity contribution in [2.24, 2.45) is 0 Å². The van der Waals surface area contributed by atoms with Crippen LogP contribution in [0.25, 0.3) is 0 Å². The summed E-state index contributed by atoms with van der Waals surface area (Å²) in [4.78, 5) is 9.99. The lowest BCUT2D eigenvalue weighted by atomic mass is 10.3. The molecule has 0 aromatic carbocycles. The molecular weight excluding hydrogens is 400 g/mol. The third-order valence-corrected chi connectivity index (χ3v) is 3.76. The van der Waals surface area contributed by atoms with Crippen molar-refractivity contribution in [1.82, 2.24) is 0 Å². The summed E-state index contributed by atoms with van der Waals surface area (Å²) < 4.78 is 43.5. The predicted octanol–water partition coefficient (Wildman–Crippen LogP) is 0.861. The molecule has 30 heavy (non-hydrogen) atoms. The minimum absolute atomic E-state index is 0.358. The van der Waals surface area contributed by atoms with Crippen molar-refractivity contribution in [2.75, 3.05) is 119 Å². The lowest BCUT2D eigenvalue weighted by Crippen LogP contribution is -2.15. The maximum atomic E-state index is 5.52. The molecule has 1 fully saturated rings. The molecule has 0 N–H and O–H groups in total. The molecule has 1 heterocycles. The monoisotopic (exact) mass is 440 g/mol. The largest absolute Gasteiger partial charge is 0.379 e. The normalized spacial score (nSPS) is 24.0. The van der Waals surface area contributed by atoms with Crippen molar-refractivity contribution in [2.45, 2.75) is 12.8 Å². The van der Waals surface area contributed by atoms with Crippen LogP contribution in [0.5, 0.6) is 0 Å². The number of rotatable bonds is 0. The molecule has 0 bridgehead atoms. The molecule has 0 aromatic rings. The molecule has 1 saturated heterocycles. The molecule has 1 aliphatic rings. The molecule has 1 rings (SSSR count). The standard InChI is InChI=1S/C20H40O10/c1-2-4-22-6-8-24-10-12-26-14-16-28-18-20-30-29-19-17-27-15-13-25-11-9-23-7-5-21-3-1/h1-20H2. The number of hydrogen-bond acceptors (Lipinski definition) is 10. The summed E-state index contributed by atoms with van der Waals surface area (Å²) in [6.07, 6.45) is 1.94. The van der Waals surface area contributed by atoms with E-state index in [1.54, 1.807) is 0 Å². The zero-order valence-corrected chi connectivity index (χ0v) is 18.2. The molecule has 0 atom stereocenters. The van der Waals surface area contributed by atoms with Crippen molar-refractivity contribution < 1.29 is 47.7 Å². The van der Waals surface area contributed by atoms with Gasteiger partial charge in [0.2, 0.25) is 0 Å². The van der Waals surface area contributed by atoms with E-state index in [-0.39, 0.29) is 0 Å². The summed E-state index contributed by atoms with van der Waals surface area (Å²) in [6.45, 7) is 9.57. The SMILES string of the molecule is C1CCOCCOCCOCCOCCOOCCOCCOCCOCCOC1. The highest BCUT2D eigenvalue weighted by Gasteiger charge is 1.97. The van der Waals surface area contributed by atoms with Crippen LogP contribution in [-0.2, 0) is 47.7 Å². The quantitative estimate of drug-likeness (QED) is 0.505. The number of ether oxygens (including phenoxy) is 8. The summed E-state index contributed by atoms with van der Waals surface area (Å²) in [5.74, 6) is 0. The Morgan fingerprint density at radius 3 is 0.667 bits per heavy atom. The van der Waals surface area contributed by atoms with Crippen LogP contribution in [0.1, 0.15) is 12.8 Å². The number of hydrogen-bond donors (Lipinski definition) is 0. The van der Waals surface area contributed by atoms with Crippen LogP contribution in [0.4, 0.5) is 0 Å². The van der Waals surface area contributed by atoms with Gasteiger partial charge in [-0.1, -0.05) is 0 Å². The first-order valence-electron chi connectivity index (χ1n) is 10.9. The van der Waals surface area contributed by atoms with Gasteiger partial charge in [-0.3, -0.25) is 0 Å². The second-order valence-corrected chi connectivity index (χ2v) is 6.25. The summed E-state index contributed by atoms with van der Waals surface area (Å²) in [6, 6.07) is 0. The van der Waals surface area contributed by atoms with E-state index in [2.05, 4.69) is 0 Å². The Hall–Kier alpha value is -0.400. The average Bonchev–Trinajstić information content (AvgIpc) is 2.76. The third-order valence-electron chi connectivity index (χ3n) is 3.76. The van der Waals surface area contributed by atoms with Gasteiger partial charge in [0, 0.05) is 13.2 Å². The lowest BCUT2D eigenvalue weighted by Gasteiger charge is -2.09. The minimum Gasteiger partial charge on any atom is -0.379 e. The molecule has 0 aliphatic carbocycles. The van der Waals surface area contributed by atoms with Crippen molar-refractivity contribution in [1.29, 1.82) is 0 Å². The summed E-state index contributed by atoms with van der Waals surface area (Å²) >= 11 is 0. The molecule has 0 amide bonds. The van der Waals surface area contributed by atoms with E-state index in [0.717, 1.165) is 12.8 Å². The minimum atomic E-state index is 0.358. The molecule has 10 heteroatoms. The van der Waals surface area contributed by atoms with Crippen molar-refractivity contribution >= 4 is 0 Å². The van der Waals surface area contributed by atoms with Crippen molar-refractivity contribution in [3.05, 3.63) is 0 Å². The molecule has 10 nitrogen and oxygen atoms in total. The Labute approximate surface area is 180 Å². The molecule has 0 radical (unpaired) electrons. The van der Waals surface area contributed by atoms with E-state index in [4.69, 9.17) is 47.7 Å². The van der Waals surface area contributed by atoms with Crippen LogP contribution in [-0.4, -0.2) is 119 Å². The van der Waals surface area contributed by atoms with Gasteiger partial charge in [-0.25, -0.2) is 9.78 Å². The third kappa shape index (κ3) is 22.3. The van der Waals surface area contributed by atoms with Crippen LogP contribution in [0.2, 0.25) is 0 Å². The van der Waals surface area contributed by atoms with Gasteiger partial charge in [-0.15, -0.1) is 0 Å². The molecule has 1 aliphatic heterocycles. The van der Waals surface area contributed by atoms with Gasteiger partial charge in [0.05, 0.1) is 92.5 Å². The second kappa shape index (κ2) is 24.9. The van der Waals surface area contributed by atoms with Gasteiger partial charge in [0.15, 0.2) is 0 Å². The average molecular weight is 441 g/mol. The van der Waals surface area contributed by atoms with E-state index in [0.29, 0.717) is 119 Å². The smallest absolute Gasteiger partial charge is 0.106 e. The first-order chi connectivity index (χ1) is 15.0. The highest BCUT2D eigenvalue weighted by molar-refractivity contribution is 4.41. The van der Waals surface area contributed by atoms with Gasteiger partial charge in [0.1, 0.15) is 13.2 Å². The second-order valence-electron chi connectivity index (χ2n) is 6.25. The molecule has 180 valence electrons. The van der Waals surface area contributed by atoms with E-state index in [1.807, 2.05) is 0 Å². The zero-order valence-electron chi connectivity index (χ0n) is 18.2. The van der Waals surface area contributed by atoms with Crippen molar-refractivity contribution in [3.8, 4) is 0 Å². The van der Waals surface area contributed by atoms with Crippen LogP contribution >= 0.6 is 0 Å². The Bertz CT molecular complexity index is 175. The highest BCUT2D eigenvalue weighted by Crippen LogP contribution is 1.93. The summed E-state index contributed by atoms with van der Waals surface area (Å²) in [5, 5.41) is 0. The summed E-state index contributed by atoms with van der Waals surface area (Å²) in [7, 11) is 0. The lowest BCUT2D eigenvalue weighted by molar-refractivity contribution is -0.303. The van der Waals surface area contributed by atoms with E-state index in [1.165, 1.54) is 0 Å². The topological polar surface area (TPSA) is 92.3 Å². The maximum absolute atomic E-state index is 5.52. The molecule has 0 saturated carbocycles. The van der Waals surface area contributed by atoms with E-state index >= 15 is 0 Å². The molecule has 0 unspecified atom stereocenters. The first kappa shape index (κ1) is 27.6. The fourth-order valence-corrected chi connectivity index (χ4v) is 2.24. The highest BCUT2D eigenvalue weighted by atomic mass is 17.2.